The highest BCUT2D eigenvalue weighted by atomic mass is 79.9. The van der Waals surface area contributed by atoms with Gasteiger partial charge < -0.3 is 4.42 Å². The summed E-state index contributed by atoms with van der Waals surface area (Å²) in [7, 11) is 0. The van der Waals surface area contributed by atoms with Gasteiger partial charge in [0.2, 0.25) is 0 Å². The molecule has 0 bridgehead atoms. The van der Waals surface area contributed by atoms with Crippen LogP contribution in [0.2, 0.25) is 0 Å². The van der Waals surface area contributed by atoms with E-state index < -0.39 is 0 Å². The van der Waals surface area contributed by atoms with Gasteiger partial charge in [-0.15, -0.1) is 0 Å². The normalized spacial score (nSPS) is 11.1. The zero-order chi connectivity index (χ0) is 11.5. The van der Waals surface area contributed by atoms with E-state index in [1.807, 2.05) is 25.1 Å². The molecule has 0 amide bonds. The van der Waals surface area contributed by atoms with E-state index in [9.17, 15) is 4.79 Å². The SMILES string of the molecule is Cc1ccc2oc(=O)n(CCCCBr)c2c1. The van der Waals surface area contributed by atoms with E-state index in [1.54, 1.807) is 4.57 Å². The van der Waals surface area contributed by atoms with Crippen LogP contribution >= 0.6 is 15.9 Å². The molecule has 0 saturated heterocycles. The van der Waals surface area contributed by atoms with Gasteiger partial charge in [-0.2, -0.15) is 0 Å². The molecule has 0 unspecified atom stereocenters. The second-order valence-corrected chi connectivity index (χ2v) is 4.68. The summed E-state index contributed by atoms with van der Waals surface area (Å²) < 4.78 is 6.89. The standard InChI is InChI=1S/C12H14BrNO2/c1-9-4-5-11-10(8-9)14(12(15)16-11)7-3-2-6-13/h4-5,8H,2-3,6-7H2,1H3. The van der Waals surface area contributed by atoms with Gasteiger partial charge in [-0.25, -0.2) is 4.79 Å². The van der Waals surface area contributed by atoms with E-state index in [2.05, 4.69) is 15.9 Å². The summed E-state index contributed by atoms with van der Waals surface area (Å²) in [6, 6.07) is 5.80. The van der Waals surface area contributed by atoms with Gasteiger partial charge in [-0.3, -0.25) is 4.57 Å². The van der Waals surface area contributed by atoms with Crippen molar-refractivity contribution in [3.05, 3.63) is 34.3 Å². The maximum Gasteiger partial charge on any atom is 0.419 e. The molecular formula is C12H14BrNO2. The van der Waals surface area contributed by atoms with Gasteiger partial charge in [0.05, 0.1) is 5.52 Å². The van der Waals surface area contributed by atoms with Crippen molar-refractivity contribution in [2.75, 3.05) is 5.33 Å². The third-order valence-corrected chi connectivity index (χ3v) is 3.15. The maximum absolute atomic E-state index is 11.6. The Bertz CT molecular complexity index is 541. The monoisotopic (exact) mass is 283 g/mol. The molecule has 1 aromatic heterocycles. The predicted octanol–water partition coefficient (Wildman–Crippen LogP) is 3.08. The van der Waals surface area contributed by atoms with Crippen molar-refractivity contribution in [3.63, 3.8) is 0 Å². The molecule has 0 fully saturated rings. The van der Waals surface area contributed by atoms with Crippen molar-refractivity contribution in [3.8, 4) is 0 Å². The second kappa shape index (κ2) is 4.87. The quantitative estimate of drug-likeness (QED) is 0.639. The third kappa shape index (κ3) is 2.21. The van der Waals surface area contributed by atoms with E-state index in [0.29, 0.717) is 5.58 Å². The molecule has 1 aromatic carbocycles. The predicted molar refractivity (Wildman–Crippen MR) is 68.2 cm³/mol. The van der Waals surface area contributed by atoms with E-state index in [4.69, 9.17) is 4.42 Å². The maximum atomic E-state index is 11.6. The molecule has 16 heavy (non-hydrogen) atoms. The van der Waals surface area contributed by atoms with Crippen molar-refractivity contribution >= 4 is 27.0 Å². The Hall–Kier alpha value is -1.03. The summed E-state index contributed by atoms with van der Waals surface area (Å²) >= 11 is 3.38. The van der Waals surface area contributed by atoms with Crippen LogP contribution in [0.5, 0.6) is 0 Å². The number of alkyl halides is 1. The molecule has 2 rings (SSSR count). The Labute approximate surface area is 102 Å². The number of unbranched alkanes of at least 4 members (excludes halogenated alkanes) is 1. The minimum atomic E-state index is -0.254. The van der Waals surface area contributed by atoms with Crippen molar-refractivity contribution in [1.82, 2.24) is 4.57 Å². The molecular weight excluding hydrogens is 270 g/mol. The average Bonchev–Trinajstić information content (AvgIpc) is 2.56. The largest absolute Gasteiger partial charge is 0.419 e. The first-order valence-corrected chi connectivity index (χ1v) is 6.50. The molecule has 0 aliphatic rings. The number of aryl methyl sites for hydroxylation is 2. The Morgan fingerprint density at radius 2 is 2.19 bits per heavy atom. The van der Waals surface area contributed by atoms with Gasteiger partial charge in [0.1, 0.15) is 0 Å². The van der Waals surface area contributed by atoms with Crippen LogP contribution in [0.1, 0.15) is 18.4 Å². The van der Waals surface area contributed by atoms with Crippen LogP contribution in [-0.4, -0.2) is 9.90 Å². The zero-order valence-electron chi connectivity index (χ0n) is 9.20. The molecule has 0 aliphatic carbocycles. The zero-order valence-corrected chi connectivity index (χ0v) is 10.8. The summed E-state index contributed by atoms with van der Waals surface area (Å²) in [4.78, 5) is 11.6. The first kappa shape index (κ1) is 11.5. The summed E-state index contributed by atoms with van der Waals surface area (Å²) in [6.07, 6.45) is 2.04. The number of hydrogen-bond donors (Lipinski definition) is 0. The topological polar surface area (TPSA) is 35.1 Å². The molecule has 0 saturated carbocycles. The molecule has 0 aliphatic heterocycles. The number of oxazole rings is 1. The Balaban J connectivity index is 2.38. The number of benzene rings is 1. The lowest BCUT2D eigenvalue weighted by molar-refractivity contribution is 0.496. The summed E-state index contributed by atoms with van der Waals surface area (Å²) in [5.41, 5.74) is 2.72. The number of halogens is 1. The lowest BCUT2D eigenvalue weighted by Crippen LogP contribution is -2.14. The molecule has 4 heteroatoms. The van der Waals surface area contributed by atoms with Gasteiger partial charge in [-0.05, 0) is 37.5 Å². The smallest absolute Gasteiger partial charge is 0.408 e. The molecule has 0 atom stereocenters. The van der Waals surface area contributed by atoms with Crippen molar-refractivity contribution < 1.29 is 4.42 Å². The van der Waals surface area contributed by atoms with Crippen molar-refractivity contribution in [1.29, 1.82) is 0 Å². The highest BCUT2D eigenvalue weighted by molar-refractivity contribution is 9.09. The lowest BCUT2D eigenvalue weighted by atomic mass is 10.2. The number of nitrogens with zero attached hydrogens (tertiary/aromatic N) is 1. The van der Waals surface area contributed by atoms with E-state index in [-0.39, 0.29) is 5.76 Å². The lowest BCUT2D eigenvalue weighted by Gasteiger charge is -2.01. The minimum Gasteiger partial charge on any atom is -0.408 e. The van der Waals surface area contributed by atoms with Gasteiger partial charge >= 0.3 is 5.76 Å². The average molecular weight is 284 g/mol. The summed E-state index contributed by atoms with van der Waals surface area (Å²) in [6.45, 7) is 2.74. The molecule has 0 N–H and O–H groups in total. The number of hydrogen-bond acceptors (Lipinski definition) is 2. The van der Waals surface area contributed by atoms with Crippen LogP contribution in [0.4, 0.5) is 0 Å². The van der Waals surface area contributed by atoms with Crippen LogP contribution in [0.3, 0.4) is 0 Å². The summed E-state index contributed by atoms with van der Waals surface area (Å²) in [5.74, 6) is -0.254. The number of rotatable bonds is 4. The molecule has 0 radical (unpaired) electrons. The van der Waals surface area contributed by atoms with E-state index in [1.165, 1.54) is 0 Å². The Morgan fingerprint density at radius 1 is 1.38 bits per heavy atom. The van der Waals surface area contributed by atoms with E-state index in [0.717, 1.165) is 35.8 Å². The second-order valence-electron chi connectivity index (χ2n) is 3.89. The molecule has 86 valence electrons. The fraction of sp³-hybridized carbons (Fsp3) is 0.417. The highest BCUT2D eigenvalue weighted by Gasteiger charge is 2.08. The van der Waals surface area contributed by atoms with Gasteiger partial charge in [0, 0.05) is 11.9 Å². The van der Waals surface area contributed by atoms with Crippen LogP contribution in [-0.2, 0) is 6.54 Å². The Kier molecular flexibility index (Phi) is 3.49. The summed E-state index contributed by atoms with van der Waals surface area (Å²) in [5, 5.41) is 0.969. The molecule has 3 nitrogen and oxygen atoms in total. The number of aromatic nitrogens is 1. The minimum absolute atomic E-state index is 0.254. The van der Waals surface area contributed by atoms with Crippen LogP contribution < -0.4 is 5.76 Å². The molecule has 1 heterocycles. The Morgan fingerprint density at radius 3 is 2.94 bits per heavy atom. The highest BCUT2D eigenvalue weighted by Crippen LogP contribution is 2.15. The fourth-order valence-electron chi connectivity index (χ4n) is 1.75. The van der Waals surface area contributed by atoms with Crippen molar-refractivity contribution in [2.45, 2.75) is 26.3 Å². The number of fused-ring (bicyclic) bond motifs is 1. The fourth-order valence-corrected chi connectivity index (χ4v) is 2.14. The van der Waals surface area contributed by atoms with Crippen LogP contribution in [0.25, 0.3) is 11.1 Å². The van der Waals surface area contributed by atoms with Gasteiger partial charge in [-0.1, -0.05) is 22.0 Å². The molecule has 2 aromatic rings. The first-order chi connectivity index (χ1) is 7.72. The van der Waals surface area contributed by atoms with Crippen LogP contribution in [0.15, 0.2) is 27.4 Å². The third-order valence-electron chi connectivity index (χ3n) is 2.59. The van der Waals surface area contributed by atoms with Crippen LogP contribution in [0, 0.1) is 6.92 Å². The van der Waals surface area contributed by atoms with Crippen molar-refractivity contribution in [2.24, 2.45) is 0 Å². The van der Waals surface area contributed by atoms with E-state index >= 15 is 0 Å². The first-order valence-electron chi connectivity index (χ1n) is 5.38. The van der Waals surface area contributed by atoms with Gasteiger partial charge in [0.15, 0.2) is 5.58 Å². The molecule has 0 spiro atoms. The van der Waals surface area contributed by atoms with Gasteiger partial charge in [0.25, 0.3) is 0 Å².